The van der Waals surface area contributed by atoms with E-state index in [1.165, 1.54) is 5.57 Å². The quantitative estimate of drug-likeness (QED) is 0.555. The predicted molar refractivity (Wildman–Crippen MR) is 43.0 cm³/mol. The average molecular weight is 138 g/mol. The summed E-state index contributed by atoms with van der Waals surface area (Å²) in [5.74, 6) is 5.65. The molecule has 0 fully saturated rings. The Morgan fingerprint density at radius 1 is 1.70 bits per heavy atom. The predicted octanol–water partition coefficient (Wildman–Crippen LogP) is 1.41. The van der Waals surface area contributed by atoms with Gasteiger partial charge >= 0.3 is 0 Å². The molecule has 0 aromatic carbocycles. The van der Waals surface area contributed by atoms with Gasteiger partial charge in [0.05, 0.1) is 6.04 Å². The summed E-state index contributed by atoms with van der Waals surface area (Å²) >= 11 is 0. The number of nitrogens with two attached hydrogens (primary N) is 1. The Hall–Kier alpha value is -0.760. The standard InChI is InChI=1S/C8H14N2/c1-3-8-5-4-7(2)10(9)6-8/h4-7H,3,9H2,1-2H3. The smallest absolute Gasteiger partial charge is 0.0600 e. The van der Waals surface area contributed by atoms with E-state index in [0.717, 1.165) is 6.42 Å². The van der Waals surface area contributed by atoms with Crippen molar-refractivity contribution in [3.63, 3.8) is 0 Å². The molecule has 0 saturated heterocycles. The second-order valence-corrected chi connectivity index (χ2v) is 2.60. The summed E-state index contributed by atoms with van der Waals surface area (Å²) in [6, 6.07) is 0.343. The number of hydrogen-bond acceptors (Lipinski definition) is 2. The molecule has 0 spiro atoms. The Balaban J connectivity index is 2.66. The molecule has 1 rings (SSSR count). The number of rotatable bonds is 1. The molecule has 0 radical (unpaired) electrons. The first-order valence-electron chi connectivity index (χ1n) is 3.66. The van der Waals surface area contributed by atoms with Crippen molar-refractivity contribution >= 4 is 0 Å². The minimum atomic E-state index is 0.343. The van der Waals surface area contributed by atoms with Gasteiger partial charge in [-0.05, 0) is 18.9 Å². The zero-order valence-corrected chi connectivity index (χ0v) is 6.54. The molecule has 2 nitrogen and oxygen atoms in total. The van der Waals surface area contributed by atoms with Gasteiger partial charge in [-0.15, -0.1) is 0 Å². The number of allylic oxidation sites excluding steroid dienone is 2. The van der Waals surface area contributed by atoms with Crippen molar-refractivity contribution in [3.8, 4) is 0 Å². The van der Waals surface area contributed by atoms with E-state index in [2.05, 4.69) is 26.0 Å². The number of hydrazine groups is 1. The van der Waals surface area contributed by atoms with Gasteiger partial charge in [0, 0.05) is 6.20 Å². The summed E-state index contributed by atoms with van der Waals surface area (Å²) in [4.78, 5) is 0. The normalized spacial score (nSPS) is 24.9. The molecule has 1 unspecified atom stereocenters. The molecule has 1 aliphatic rings. The van der Waals surface area contributed by atoms with Crippen LogP contribution in [0, 0.1) is 0 Å². The van der Waals surface area contributed by atoms with Crippen molar-refractivity contribution in [1.29, 1.82) is 0 Å². The second-order valence-electron chi connectivity index (χ2n) is 2.60. The van der Waals surface area contributed by atoms with Crippen molar-refractivity contribution in [3.05, 3.63) is 23.9 Å². The SMILES string of the molecule is CCC1=CN(N)C(C)C=C1. The molecule has 1 heterocycles. The first-order chi connectivity index (χ1) is 4.74. The second kappa shape index (κ2) is 2.88. The lowest BCUT2D eigenvalue weighted by Gasteiger charge is -2.23. The van der Waals surface area contributed by atoms with Crippen LogP contribution in [-0.2, 0) is 0 Å². The van der Waals surface area contributed by atoms with E-state index in [9.17, 15) is 0 Å². The zero-order valence-electron chi connectivity index (χ0n) is 6.54. The summed E-state index contributed by atoms with van der Waals surface area (Å²) < 4.78 is 0. The third-order valence-electron chi connectivity index (χ3n) is 1.78. The Kier molecular flexibility index (Phi) is 2.12. The van der Waals surface area contributed by atoms with Gasteiger partial charge < -0.3 is 5.01 Å². The highest BCUT2D eigenvalue weighted by atomic mass is 15.4. The molecular weight excluding hydrogens is 124 g/mol. The summed E-state index contributed by atoms with van der Waals surface area (Å²) in [7, 11) is 0. The fourth-order valence-electron chi connectivity index (χ4n) is 0.923. The van der Waals surface area contributed by atoms with Crippen LogP contribution in [0.2, 0.25) is 0 Å². The lowest BCUT2D eigenvalue weighted by Crippen LogP contribution is -2.34. The van der Waals surface area contributed by atoms with Crippen LogP contribution in [0.15, 0.2) is 23.9 Å². The van der Waals surface area contributed by atoms with Gasteiger partial charge in [-0.25, -0.2) is 5.84 Å². The Bertz CT molecular complexity index is 170. The van der Waals surface area contributed by atoms with Gasteiger partial charge in [-0.1, -0.05) is 19.1 Å². The van der Waals surface area contributed by atoms with Crippen LogP contribution < -0.4 is 5.84 Å². The Morgan fingerprint density at radius 3 is 2.90 bits per heavy atom. The topological polar surface area (TPSA) is 29.3 Å². The lowest BCUT2D eigenvalue weighted by molar-refractivity contribution is 0.342. The molecular formula is C8H14N2. The number of nitrogens with zero attached hydrogens (tertiary/aromatic N) is 1. The van der Waals surface area contributed by atoms with Crippen molar-refractivity contribution in [1.82, 2.24) is 5.01 Å². The van der Waals surface area contributed by atoms with Crippen LogP contribution in [0.4, 0.5) is 0 Å². The molecule has 56 valence electrons. The first kappa shape index (κ1) is 7.35. The van der Waals surface area contributed by atoms with Crippen molar-refractivity contribution in [2.75, 3.05) is 0 Å². The van der Waals surface area contributed by atoms with Crippen LogP contribution in [-0.4, -0.2) is 11.1 Å². The fourth-order valence-corrected chi connectivity index (χ4v) is 0.923. The molecule has 0 aliphatic carbocycles. The van der Waals surface area contributed by atoms with E-state index >= 15 is 0 Å². The summed E-state index contributed by atoms with van der Waals surface area (Å²) in [6.07, 6.45) is 7.29. The fraction of sp³-hybridized carbons (Fsp3) is 0.500. The van der Waals surface area contributed by atoms with Crippen molar-refractivity contribution < 1.29 is 0 Å². The van der Waals surface area contributed by atoms with E-state index < -0.39 is 0 Å². The van der Waals surface area contributed by atoms with Crippen LogP contribution in [0.1, 0.15) is 20.3 Å². The summed E-state index contributed by atoms with van der Waals surface area (Å²) in [6.45, 7) is 4.19. The largest absolute Gasteiger partial charge is 0.311 e. The highest BCUT2D eigenvalue weighted by Crippen LogP contribution is 2.11. The monoisotopic (exact) mass is 138 g/mol. The maximum Gasteiger partial charge on any atom is 0.0600 e. The minimum Gasteiger partial charge on any atom is -0.311 e. The molecule has 10 heavy (non-hydrogen) atoms. The van der Waals surface area contributed by atoms with E-state index in [1.54, 1.807) is 5.01 Å². The molecule has 0 bridgehead atoms. The Morgan fingerprint density at radius 2 is 2.40 bits per heavy atom. The van der Waals surface area contributed by atoms with Gasteiger partial charge in [0.25, 0.3) is 0 Å². The third-order valence-corrected chi connectivity index (χ3v) is 1.78. The van der Waals surface area contributed by atoms with Crippen molar-refractivity contribution in [2.24, 2.45) is 5.84 Å². The Labute approximate surface area is 62.0 Å². The molecule has 0 saturated carbocycles. The lowest BCUT2D eigenvalue weighted by atomic mass is 10.1. The molecule has 0 aromatic heterocycles. The zero-order chi connectivity index (χ0) is 7.56. The molecule has 1 atom stereocenters. The van der Waals surface area contributed by atoms with Gasteiger partial charge in [-0.3, -0.25) is 0 Å². The summed E-state index contributed by atoms with van der Waals surface area (Å²) in [5, 5.41) is 1.73. The van der Waals surface area contributed by atoms with E-state index in [-0.39, 0.29) is 0 Å². The van der Waals surface area contributed by atoms with Crippen LogP contribution in [0.25, 0.3) is 0 Å². The van der Waals surface area contributed by atoms with Crippen LogP contribution >= 0.6 is 0 Å². The van der Waals surface area contributed by atoms with Crippen molar-refractivity contribution in [2.45, 2.75) is 26.3 Å². The van der Waals surface area contributed by atoms with Crippen LogP contribution in [0.3, 0.4) is 0 Å². The highest BCUT2D eigenvalue weighted by molar-refractivity contribution is 5.22. The van der Waals surface area contributed by atoms with Gasteiger partial charge in [-0.2, -0.15) is 0 Å². The highest BCUT2D eigenvalue weighted by Gasteiger charge is 2.06. The van der Waals surface area contributed by atoms with Gasteiger partial charge in [0.15, 0.2) is 0 Å². The molecule has 1 aliphatic heterocycles. The molecule has 0 amide bonds. The molecule has 2 heteroatoms. The average Bonchev–Trinajstić information content (AvgIpc) is 1.95. The number of hydrogen-bond donors (Lipinski definition) is 1. The van der Waals surface area contributed by atoms with E-state index in [0.29, 0.717) is 6.04 Å². The van der Waals surface area contributed by atoms with E-state index in [1.807, 2.05) is 6.20 Å². The maximum atomic E-state index is 5.65. The molecule has 0 aromatic rings. The van der Waals surface area contributed by atoms with Gasteiger partial charge in [0.2, 0.25) is 0 Å². The third kappa shape index (κ3) is 1.39. The van der Waals surface area contributed by atoms with Gasteiger partial charge in [0.1, 0.15) is 0 Å². The minimum absolute atomic E-state index is 0.343. The van der Waals surface area contributed by atoms with E-state index in [4.69, 9.17) is 5.84 Å². The first-order valence-corrected chi connectivity index (χ1v) is 3.66. The maximum absolute atomic E-state index is 5.65. The van der Waals surface area contributed by atoms with Crippen LogP contribution in [0.5, 0.6) is 0 Å². The molecule has 2 N–H and O–H groups in total. The summed E-state index contributed by atoms with van der Waals surface area (Å²) in [5.41, 5.74) is 1.29.